The summed E-state index contributed by atoms with van der Waals surface area (Å²) in [7, 11) is 0. The van der Waals surface area contributed by atoms with Crippen molar-refractivity contribution in [2.75, 3.05) is 18.9 Å². The van der Waals surface area contributed by atoms with Crippen molar-refractivity contribution < 1.29 is 17.9 Å². The number of thioether (sulfide) groups is 1. The highest BCUT2D eigenvalue weighted by Crippen LogP contribution is 2.31. The number of ether oxygens (including phenoxy) is 1. The van der Waals surface area contributed by atoms with Crippen LogP contribution in [0.2, 0.25) is 0 Å². The molecule has 1 rings (SSSR count). The van der Waals surface area contributed by atoms with E-state index in [0.717, 1.165) is 23.0 Å². The Labute approximate surface area is 136 Å². The van der Waals surface area contributed by atoms with Crippen LogP contribution in [0.3, 0.4) is 0 Å². The number of hydrogen-bond acceptors (Lipinski definition) is 3. The molecule has 0 heterocycles. The van der Waals surface area contributed by atoms with Crippen molar-refractivity contribution in [3.63, 3.8) is 0 Å². The number of halogens is 4. The van der Waals surface area contributed by atoms with Gasteiger partial charge >= 0.3 is 5.51 Å². The van der Waals surface area contributed by atoms with Gasteiger partial charge in [0.2, 0.25) is 0 Å². The second kappa shape index (κ2) is 8.90. The normalized spacial score (nSPS) is 13.2. The summed E-state index contributed by atoms with van der Waals surface area (Å²) < 4.78 is 42.6. The van der Waals surface area contributed by atoms with Gasteiger partial charge in [-0.3, -0.25) is 0 Å². The number of hydrogen-bond donors (Lipinski definition) is 1. The number of benzene rings is 1. The predicted molar refractivity (Wildman–Crippen MR) is 84.9 cm³/mol. The molecule has 0 aliphatic rings. The van der Waals surface area contributed by atoms with Crippen LogP contribution >= 0.6 is 27.7 Å². The molecule has 120 valence electrons. The fraction of sp³-hybridized carbons (Fsp3) is 0.571. The average Bonchev–Trinajstić information content (AvgIpc) is 2.40. The summed E-state index contributed by atoms with van der Waals surface area (Å²) in [5.74, 6) is 0.495. The Balaban J connectivity index is 2.64. The summed E-state index contributed by atoms with van der Waals surface area (Å²) in [6, 6.07) is 5.70. The highest BCUT2D eigenvalue weighted by molar-refractivity contribution is 9.10. The van der Waals surface area contributed by atoms with Crippen molar-refractivity contribution >= 4 is 27.7 Å². The van der Waals surface area contributed by atoms with Crippen LogP contribution in [0, 0.1) is 0 Å². The molecular formula is C14H19BrF3NOS. The van der Waals surface area contributed by atoms with Gasteiger partial charge in [0, 0.05) is 21.8 Å². The van der Waals surface area contributed by atoms with E-state index < -0.39 is 5.51 Å². The maximum absolute atomic E-state index is 12.1. The first-order chi connectivity index (χ1) is 9.83. The van der Waals surface area contributed by atoms with E-state index in [-0.39, 0.29) is 30.2 Å². The summed E-state index contributed by atoms with van der Waals surface area (Å²) in [5, 5.41) is 3.34. The van der Waals surface area contributed by atoms with E-state index in [0.29, 0.717) is 5.75 Å². The molecule has 1 atom stereocenters. The third kappa shape index (κ3) is 7.42. The van der Waals surface area contributed by atoms with E-state index in [2.05, 4.69) is 28.2 Å². The van der Waals surface area contributed by atoms with Crippen molar-refractivity contribution in [1.82, 2.24) is 5.32 Å². The number of nitrogens with one attached hydrogen (secondary N) is 1. The van der Waals surface area contributed by atoms with Gasteiger partial charge in [0.25, 0.3) is 0 Å². The fourth-order valence-electron chi connectivity index (χ4n) is 1.77. The fourth-order valence-corrected chi connectivity index (χ4v) is 2.51. The van der Waals surface area contributed by atoms with E-state index in [9.17, 15) is 13.2 Å². The smallest absolute Gasteiger partial charge is 0.441 e. The van der Waals surface area contributed by atoms with Crippen molar-refractivity contribution in [2.24, 2.45) is 0 Å². The lowest BCUT2D eigenvalue weighted by molar-refractivity contribution is -0.0329. The zero-order chi connectivity index (χ0) is 15.9. The SMILES string of the molecule is CCCNC(C)c1ccc(Br)cc1OCCSC(F)(F)F. The quantitative estimate of drug-likeness (QED) is 0.625. The van der Waals surface area contributed by atoms with E-state index >= 15 is 0 Å². The molecule has 0 aliphatic carbocycles. The molecule has 0 radical (unpaired) electrons. The molecule has 0 saturated heterocycles. The third-order valence-electron chi connectivity index (χ3n) is 2.75. The highest BCUT2D eigenvalue weighted by Gasteiger charge is 2.27. The molecule has 1 aromatic rings. The predicted octanol–water partition coefficient (Wildman–Crippen LogP) is 5.14. The molecule has 0 aliphatic heterocycles. The Kier molecular flexibility index (Phi) is 7.90. The summed E-state index contributed by atoms with van der Waals surface area (Å²) in [4.78, 5) is 0. The second-order valence-electron chi connectivity index (χ2n) is 4.50. The Morgan fingerprint density at radius 2 is 2.10 bits per heavy atom. The van der Waals surface area contributed by atoms with Gasteiger partial charge in [-0.15, -0.1) is 0 Å². The Morgan fingerprint density at radius 3 is 2.71 bits per heavy atom. The Hall–Kier alpha value is -0.400. The van der Waals surface area contributed by atoms with E-state index in [1.807, 2.05) is 19.1 Å². The van der Waals surface area contributed by atoms with Gasteiger partial charge in [-0.25, -0.2) is 0 Å². The van der Waals surface area contributed by atoms with Gasteiger partial charge in [0.15, 0.2) is 0 Å². The minimum atomic E-state index is -4.21. The Morgan fingerprint density at radius 1 is 1.38 bits per heavy atom. The van der Waals surface area contributed by atoms with Gasteiger partial charge in [0.05, 0.1) is 6.61 Å². The first-order valence-electron chi connectivity index (χ1n) is 6.69. The molecule has 1 aromatic carbocycles. The summed E-state index contributed by atoms with van der Waals surface area (Å²) in [6.07, 6.45) is 1.01. The monoisotopic (exact) mass is 385 g/mol. The zero-order valence-electron chi connectivity index (χ0n) is 12.0. The van der Waals surface area contributed by atoms with Crippen LogP contribution in [0.5, 0.6) is 5.75 Å². The van der Waals surface area contributed by atoms with Gasteiger partial charge in [-0.1, -0.05) is 28.9 Å². The minimum Gasteiger partial charge on any atom is -0.492 e. The number of alkyl halides is 3. The summed E-state index contributed by atoms with van der Waals surface area (Å²) in [5.41, 5.74) is -3.26. The summed E-state index contributed by atoms with van der Waals surface area (Å²) >= 11 is 3.29. The van der Waals surface area contributed by atoms with Crippen LogP contribution in [0.1, 0.15) is 31.9 Å². The van der Waals surface area contributed by atoms with Gasteiger partial charge in [0.1, 0.15) is 5.75 Å². The molecule has 0 bridgehead atoms. The van der Waals surface area contributed by atoms with Crippen molar-refractivity contribution in [1.29, 1.82) is 0 Å². The van der Waals surface area contributed by atoms with Crippen LogP contribution in [0.4, 0.5) is 13.2 Å². The van der Waals surface area contributed by atoms with Gasteiger partial charge in [-0.05, 0) is 43.8 Å². The van der Waals surface area contributed by atoms with E-state index in [1.165, 1.54) is 0 Å². The largest absolute Gasteiger partial charge is 0.492 e. The molecule has 1 unspecified atom stereocenters. The zero-order valence-corrected chi connectivity index (χ0v) is 14.4. The topological polar surface area (TPSA) is 21.3 Å². The first-order valence-corrected chi connectivity index (χ1v) is 8.47. The number of rotatable bonds is 8. The van der Waals surface area contributed by atoms with Crippen LogP contribution in [0.25, 0.3) is 0 Å². The average molecular weight is 386 g/mol. The molecular weight excluding hydrogens is 367 g/mol. The molecule has 7 heteroatoms. The molecule has 0 aromatic heterocycles. The van der Waals surface area contributed by atoms with Crippen LogP contribution in [-0.4, -0.2) is 24.4 Å². The van der Waals surface area contributed by atoms with Crippen molar-refractivity contribution in [3.05, 3.63) is 28.2 Å². The highest BCUT2D eigenvalue weighted by atomic mass is 79.9. The van der Waals surface area contributed by atoms with Crippen LogP contribution < -0.4 is 10.1 Å². The maximum atomic E-state index is 12.1. The van der Waals surface area contributed by atoms with Gasteiger partial charge in [-0.2, -0.15) is 13.2 Å². The Bertz CT molecular complexity index is 443. The summed E-state index contributed by atoms with van der Waals surface area (Å²) in [6.45, 7) is 4.98. The standard InChI is InChI=1S/C14H19BrF3NOS/c1-3-6-19-10(2)12-5-4-11(15)9-13(12)20-7-8-21-14(16,17)18/h4-5,9-10,19H,3,6-8H2,1-2H3. The third-order valence-corrected chi connectivity index (χ3v) is 3.94. The second-order valence-corrected chi connectivity index (χ2v) is 6.58. The van der Waals surface area contributed by atoms with E-state index in [1.54, 1.807) is 6.07 Å². The van der Waals surface area contributed by atoms with Crippen LogP contribution in [0.15, 0.2) is 22.7 Å². The molecule has 0 spiro atoms. The maximum Gasteiger partial charge on any atom is 0.441 e. The molecule has 0 amide bonds. The van der Waals surface area contributed by atoms with Crippen molar-refractivity contribution in [2.45, 2.75) is 31.8 Å². The molecule has 21 heavy (non-hydrogen) atoms. The van der Waals surface area contributed by atoms with E-state index in [4.69, 9.17) is 4.74 Å². The lowest BCUT2D eigenvalue weighted by Gasteiger charge is -2.18. The lowest BCUT2D eigenvalue weighted by Crippen LogP contribution is -2.20. The first kappa shape index (κ1) is 18.6. The minimum absolute atomic E-state index is 0.0220. The molecule has 1 N–H and O–H groups in total. The van der Waals surface area contributed by atoms with Gasteiger partial charge < -0.3 is 10.1 Å². The molecule has 0 fully saturated rings. The molecule has 0 saturated carbocycles. The lowest BCUT2D eigenvalue weighted by atomic mass is 10.1. The van der Waals surface area contributed by atoms with Crippen LogP contribution in [-0.2, 0) is 0 Å². The molecule has 2 nitrogen and oxygen atoms in total. The van der Waals surface area contributed by atoms with Crippen molar-refractivity contribution in [3.8, 4) is 5.75 Å².